The number of benzene rings is 1. The molecule has 0 amide bonds. The molecular formula is C24H30N6O2. The summed E-state index contributed by atoms with van der Waals surface area (Å²) in [6.07, 6.45) is 8.65. The Kier molecular flexibility index (Phi) is 5.57. The summed E-state index contributed by atoms with van der Waals surface area (Å²) >= 11 is 0. The van der Waals surface area contributed by atoms with Gasteiger partial charge in [-0.1, -0.05) is 0 Å². The van der Waals surface area contributed by atoms with Crippen LogP contribution >= 0.6 is 0 Å². The van der Waals surface area contributed by atoms with Crippen molar-refractivity contribution in [3.63, 3.8) is 0 Å². The Labute approximate surface area is 188 Å². The first kappa shape index (κ1) is 20.9. The van der Waals surface area contributed by atoms with E-state index < -0.39 is 0 Å². The topological polar surface area (TPSA) is 91.3 Å². The smallest absolute Gasteiger partial charge is 0.263 e. The van der Waals surface area contributed by atoms with E-state index in [9.17, 15) is 0 Å². The normalized spacial score (nSPS) is 20.6. The highest BCUT2D eigenvalue weighted by atomic mass is 16.5. The van der Waals surface area contributed by atoms with Gasteiger partial charge in [0.15, 0.2) is 11.6 Å². The maximum Gasteiger partial charge on any atom is 0.263 e. The average Bonchev–Trinajstić information content (AvgIpc) is 3.19. The molecule has 1 aliphatic carbocycles. The van der Waals surface area contributed by atoms with Crippen LogP contribution in [0.25, 0.3) is 11.3 Å². The van der Waals surface area contributed by atoms with Crippen molar-refractivity contribution >= 4 is 5.82 Å². The summed E-state index contributed by atoms with van der Waals surface area (Å²) in [5, 5.41) is 4.45. The van der Waals surface area contributed by atoms with Crippen LogP contribution in [-0.4, -0.2) is 51.0 Å². The number of aryl methyl sites for hydroxylation is 1. The lowest BCUT2D eigenvalue weighted by atomic mass is 9.89. The molecule has 32 heavy (non-hydrogen) atoms. The standard InChI is InChI=1S/C24H30N6O2/c1-4-31-19-9-18(10-19)30-14-20(11-27-30)32-24-23(25)26-12-22(28-24)16-7-15(2)21-5-6-29(3)13-17(21)8-16/h7-8,11-12,14,18-19H,4-6,9-10,13H2,1-3H3,(H2,25,26). The van der Waals surface area contributed by atoms with Crippen molar-refractivity contribution in [3.05, 3.63) is 47.4 Å². The minimum absolute atomic E-state index is 0.260. The number of ether oxygens (including phenoxy) is 2. The number of nitrogen functional groups attached to an aromatic ring is 1. The van der Waals surface area contributed by atoms with Crippen LogP contribution in [0.3, 0.4) is 0 Å². The second-order valence-corrected chi connectivity index (χ2v) is 8.82. The van der Waals surface area contributed by atoms with Gasteiger partial charge in [-0.15, -0.1) is 0 Å². The quantitative estimate of drug-likeness (QED) is 0.632. The molecule has 0 spiro atoms. The molecule has 0 saturated heterocycles. The fourth-order valence-corrected chi connectivity index (χ4v) is 4.62. The third kappa shape index (κ3) is 4.08. The van der Waals surface area contributed by atoms with Gasteiger partial charge in [-0.3, -0.25) is 4.68 Å². The van der Waals surface area contributed by atoms with Gasteiger partial charge >= 0.3 is 0 Å². The third-order valence-electron chi connectivity index (χ3n) is 6.45. The van der Waals surface area contributed by atoms with Gasteiger partial charge in [0.1, 0.15) is 0 Å². The number of likely N-dealkylation sites (N-methyl/N-ethyl adjacent to an activating group) is 1. The zero-order chi connectivity index (χ0) is 22.2. The number of fused-ring (bicyclic) bond motifs is 1. The summed E-state index contributed by atoms with van der Waals surface area (Å²) in [4.78, 5) is 11.4. The van der Waals surface area contributed by atoms with Gasteiger partial charge in [0, 0.05) is 25.3 Å². The molecule has 2 aliphatic rings. The molecule has 0 unspecified atom stereocenters. The third-order valence-corrected chi connectivity index (χ3v) is 6.45. The van der Waals surface area contributed by atoms with Crippen LogP contribution in [0.2, 0.25) is 0 Å². The van der Waals surface area contributed by atoms with Crippen molar-refractivity contribution in [2.75, 3.05) is 25.9 Å². The summed E-state index contributed by atoms with van der Waals surface area (Å²) < 4.78 is 13.6. The molecule has 8 heteroatoms. The zero-order valence-electron chi connectivity index (χ0n) is 18.9. The summed E-state index contributed by atoms with van der Waals surface area (Å²) in [5.41, 5.74) is 11.9. The average molecular weight is 435 g/mol. The molecule has 2 aromatic heterocycles. The second kappa shape index (κ2) is 8.52. The minimum atomic E-state index is 0.260. The molecule has 5 rings (SSSR count). The van der Waals surface area contributed by atoms with Gasteiger partial charge in [0.2, 0.25) is 0 Å². The Morgan fingerprint density at radius 3 is 2.88 bits per heavy atom. The minimum Gasteiger partial charge on any atom is -0.433 e. The summed E-state index contributed by atoms with van der Waals surface area (Å²) in [5.74, 6) is 1.16. The number of nitrogens with zero attached hydrogens (tertiary/aromatic N) is 5. The van der Waals surface area contributed by atoms with E-state index in [1.807, 2.05) is 17.8 Å². The van der Waals surface area contributed by atoms with Crippen LogP contribution in [0.1, 0.15) is 42.5 Å². The van der Waals surface area contributed by atoms with E-state index in [2.05, 4.69) is 41.1 Å². The first-order valence-electron chi connectivity index (χ1n) is 11.3. The fourth-order valence-electron chi connectivity index (χ4n) is 4.62. The molecule has 0 radical (unpaired) electrons. The van der Waals surface area contributed by atoms with Crippen molar-refractivity contribution in [2.45, 2.75) is 51.8 Å². The highest BCUT2D eigenvalue weighted by Gasteiger charge is 2.31. The lowest BCUT2D eigenvalue weighted by Gasteiger charge is -2.34. The highest BCUT2D eigenvalue weighted by Crippen LogP contribution is 2.36. The molecule has 168 valence electrons. The fraction of sp³-hybridized carbons (Fsp3) is 0.458. The lowest BCUT2D eigenvalue weighted by Crippen LogP contribution is -2.33. The van der Waals surface area contributed by atoms with Gasteiger partial charge in [-0.25, -0.2) is 9.97 Å². The Bertz CT molecular complexity index is 1120. The molecule has 1 fully saturated rings. The van der Waals surface area contributed by atoms with E-state index in [0.29, 0.717) is 23.8 Å². The molecular weight excluding hydrogens is 404 g/mol. The summed E-state index contributed by atoms with van der Waals surface area (Å²) in [7, 11) is 2.15. The van der Waals surface area contributed by atoms with E-state index in [0.717, 1.165) is 50.2 Å². The summed E-state index contributed by atoms with van der Waals surface area (Å²) in [6.45, 7) is 6.98. The van der Waals surface area contributed by atoms with Crippen LogP contribution in [0.15, 0.2) is 30.7 Å². The number of nitrogens with two attached hydrogens (primary N) is 1. The number of anilines is 1. The van der Waals surface area contributed by atoms with E-state index in [4.69, 9.17) is 20.2 Å². The van der Waals surface area contributed by atoms with Crippen LogP contribution in [0, 0.1) is 6.92 Å². The Hall–Kier alpha value is -2.97. The van der Waals surface area contributed by atoms with Gasteiger partial charge in [-0.05, 0) is 69.0 Å². The van der Waals surface area contributed by atoms with Crippen molar-refractivity contribution < 1.29 is 9.47 Å². The molecule has 0 bridgehead atoms. The van der Waals surface area contributed by atoms with Crippen LogP contribution < -0.4 is 10.5 Å². The van der Waals surface area contributed by atoms with E-state index in [1.165, 1.54) is 16.7 Å². The van der Waals surface area contributed by atoms with Gasteiger partial charge in [-0.2, -0.15) is 5.10 Å². The zero-order valence-corrected chi connectivity index (χ0v) is 18.9. The number of aromatic nitrogens is 4. The number of hydrogen-bond donors (Lipinski definition) is 1. The number of hydrogen-bond acceptors (Lipinski definition) is 7. The van der Waals surface area contributed by atoms with Gasteiger partial charge < -0.3 is 20.1 Å². The first-order chi connectivity index (χ1) is 15.5. The van der Waals surface area contributed by atoms with Crippen LogP contribution in [-0.2, 0) is 17.7 Å². The molecule has 1 aromatic carbocycles. The first-order valence-corrected chi connectivity index (χ1v) is 11.3. The molecule has 1 saturated carbocycles. The predicted octanol–water partition coefficient (Wildman–Crippen LogP) is 3.75. The maximum atomic E-state index is 6.08. The Morgan fingerprint density at radius 2 is 2.06 bits per heavy atom. The van der Waals surface area contributed by atoms with Crippen molar-refractivity contribution in [3.8, 4) is 22.9 Å². The summed E-state index contributed by atoms with van der Waals surface area (Å²) in [6, 6.07) is 4.73. The maximum absolute atomic E-state index is 6.08. The predicted molar refractivity (Wildman–Crippen MR) is 123 cm³/mol. The molecule has 1 aliphatic heterocycles. The molecule has 3 heterocycles. The van der Waals surface area contributed by atoms with Crippen molar-refractivity contribution in [1.82, 2.24) is 24.6 Å². The van der Waals surface area contributed by atoms with Crippen molar-refractivity contribution in [1.29, 1.82) is 0 Å². The van der Waals surface area contributed by atoms with E-state index in [-0.39, 0.29) is 5.82 Å². The Morgan fingerprint density at radius 1 is 1.22 bits per heavy atom. The molecule has 8 nitrogen and oxygen atoms in total. The lowest BCUT2D eigenvalue weighted by molar-refractivity contribution is -0.0227. The van der Waals surface area contributed by atoms with Crippen molar-refractivity contribution in [2.24, 2.45) is 0 Å². The van der Waals surface area contributed by atoms with Gasteiger partial charge in [0.25, 0.3) is 5.88 Å². The SMILES string of the molecule is CCOC1CC(n2cc(Oc3nc(-c4cc(C)c5c(c4)CN(C)CC5)cnc3N)cn2)C1. The Balaban J connectivity index is 1.35. The molecule has 3 aromatic rings. The molecule has 0 atom stereocenters. The van der Waals surface area contributed by atoms with E-state index in [1.54, 1.807) is 12.4 Å². The van der Waals surface area contributed by atoms with Gasteiger partial charge in [0.05, 0.1) is 36.4 Å². The number of rotatable bonds is 6. The second-order valence-electron chi connectivity index (χ2n) is 8.82. The van der Waals surface area contributed by atoms with Crippen LogP contribution in [0.5, 0.6) is 11.6 Å². The molecule has 2 N–H and O–H groups in total. The van der Waals surface area contributed by atoms with E-state index >= 15 is 0 Å². The van der Waals surface area contributed by atoms with Crippen LogP contribution in [0.4, 0.5) is 5.82 Å². The monoisotopic (exact) mass is 434 g/mol. The largest absolute Gasteiger partial charge is 0.433 e. The highest BCUT2D eigenvalue weighted by molar-refractivity contribution is 5.64.